The van der Waals surface area contributed by atoms with Gasteiger partial charge < -0.3 is 10.8 Å². The van der Waals surface area contributed by atoms with Crippen molar-refractivity contribution in [1.29, 1.82) is 0 Å². The molecule has 3 heteroatoms. The third kappa shape index (κ3) is 6.66. The van der Waals surface area contributed by atoms with E-state index in [1.165, 1.54) is 0 Å². The number of nitrogens with two attached hydrogens (primary N) is 1. The van der Waals surface area contributed by atoms with Crippen molar-refractivity contribution in [3.8, 4) is 0 Å². The third-order valence-electron chi connectivity index (χ3n) is 1.55. The molecule has 0 aromatic carbocycles. The second kappa shape index (κ2) is 6.95. The van der Waals surface area contributed by atoms with E-state index in [0.717, 1.165) is 18.7 Å². The van der Waals surface area contributed by atoms with E-state index in [9.17, 15) is 0 Å². The van der Waals surface area contributed by atoms with Crippen LogP contribution in [-0.4, -0.2) is 29.3 Å². The van der Waals surface area contributed by atoms with E-state index in [-0.39, 0.29) is 0 Å². The van der Waals surface area contributed by atoms with Crippen molar-refractivity contribution in [2.45, 2.75) is 25.5 Å². The molecule has 2 unspecified atom stereocenters. The maximum atomic E-state index is 8.74. The predicted octanol–water partition coefficient (Wildman–Crippen LogP) is 1.09. The Hall–Kier alpha value is 0.270. The van der Waals surface area contributed by atoms with Gasteiger partial charge in [-0.25, -0.2) is 0 Å². The summed E-state index contributed by atoms with van der Waals surface area (Å²) in [5.74, 6) is 1.46. The maximum absolute atomic E-state index is 8.74. The van der Waals surface area contributed by atoms with Gasteiger partial charge in [-0.05, 0) is 24.6 Å². The van der Waals surface area contributed by atoms with Crippen LogP contribution in [0.1, 0.15) is 20.3 Å². The molecule has 0 aromatic heterocycles. The molecule has 0 heterocycles. The van der Waals surface area contributed by atoms with Crippen molar-refractivity contribution in [3.63, 3.8) is 0 Å². The minimum atomic E-state index is 0.294. The average Bonchev–Trinajstić information content (AvgIpc) is 2.01. The van der Waals surface area contributed by atoms with Crippen LogP contribution in [-0.2, 0) is 0 Å². The van der Waals surface area contributed by atoms with E-state index in [4.69, 9.17) is 10.8 Å². The van der Waals surface area contributed by atoms with Crippen LogP contribution in [0.5, 0.6) is 0 Å². The van der Waals surface area contributed by atoms with Gasteiger partial charge in [0, 0.05) is 11.9 Å². The molecular formula is C8H19NOS. The lowest BCUT2D eigenvalue weighted by molar-refractivity contribution is 0.250. The standard InChI is InChI=1S/C8H19NOS/c1-7(5-10)6-11-8(2)3-4-9/h7-8,10H,3-6,9H2,1-2H3. The molecular weight excluding hydrogens is 158 g/mol. The third-order valence-corrected chi connectivity index (χ3v) is 3.12. The monoisotopic (exact) mass is 177 g/mol. The molecule has 68 valence electrons. The highest BCUT2D eigenvalue weighted by atomic mass is 32.2. The van der Waals surface area contributed by atoms with Crippen LogP contribution < -0.4 is 5.73 Å². The van der Waals surface area contributed by atoms with Crippen LogP contribution in [0.15, 0.2) is 0 Å². The van der Waals surface area contributed by atoms with Crippen molar-refractivity contribution in [2.75, 3.05) is 18.9 Å². The zero-order valence-electron chi connectivity index (χ0n) is 7.42. The number of hydrogen-bond donors (Lipinski definition) is 2. The minimum absolute atomic E-state index is 0.294. The summed E-state index contributed by atoms with van der Waals surface area (Å²) in [5, 5.41) is 9.37. The maximum Gasteiger partial charge on any atom is 0.0464 e. The molecule has 11 heavy (non-hydrogen) atoms. The highest BCUT2D eigenvalue weighted by Crippen LogP contribution is 2.16. The number of thioether (sulfide) groups is 1. The molecule has 2 atom stereocenters. The van der Waals surface area contributed by atoms with Crippen molar-refractivity contribution < 1.29 is 5.11 Å². The summed E-state index contributed by atoms with van der Waals surface area (Å²) in [6.07, 6.45) is 1.07. The zero-order valence-corrected chi connectivity index (χ0v) is 8.23. The number of aliphatic hydroxyl groups is 1. The second-order valence-corrected chi connectivity index (χ2v) is 4.48. The van der Waals surface area contributed by atoms with Gasteiger partial charge in [0.25, 0.3) is 0 Å². The average molecular weight is 177 g/mol. The lowest BCUT2D eigenvalue weighted by Gasteiger charge is -2.12. The summed E-state index contributed by atoms with van der Waals surface area (Å²) in [6, 6.07) is 0. The van der Waals surface area contributed by atoms with Crippen LogP contribution in [0, 0.1) is 5.92 Å². The molecule has 0 aliphatic rings. The largest absolute Gasteiger partial charge is 0.396 e. The van der Waals surface area contributed by atoms with Gasteiger partial charge in [-0.1, -0.05) is 13.8 Å². The number of aliphatic hydroxyl groups excluding tert-OH is 1. The molecule has 0 aliphatic heterocycles. The summed E-state index contributed by atoms with van der Waals surface area (Å²) in [4.78, 5) is 0. The van der Waals surface area contributed by atoms with Gasteiger partial charge in [-0.2, -0.15) is 11.8 Å². The van der Waals surface area contributed by atoms with Gasteiger partial charge >= 0.3 is 0 Å². The first kappa shape index (κ1) is 11.3. The summed E-state index contributed by atoms with van der Waals surface area (Å²) in [7, 11) is 0. The molecule has 0 radical (unpaired) electrons. The molecule has 0 spiro atoms. The SMILES string of the molecule is CC(CO)CSC(C)CCN. The van der Waals surface area contributed by atoms with Gasteiger partial charge in [-0.3, -0.25) is 0 Å². The molecule has 3 N–H and O–H groups in total. The number of rotatable bonds is 6. The van der Waals surface area contributed by atoms with E-state index in [1.807, 2.05) is 11.8 Å². The molecule has 0 aromatic rings. The predicted molar refractivity (Wildman–Crippen MR) is 51.8 cm³/mol. The van der Waals surface area contributed by atoms with Crippen LogP contribution >= 0.6 is 11.8 Å². The minimum Gasteiger partial charge on any atom is -0.396 e. The van der Waals surface area contributed by atoms with Crippen LogP contribution in [0.25, 0.3) is 0 Å². The zero-order chi connectivity index (χ0) is 8.69. The van der Waals surface area contributed by atoms with E-state index in [1.54, 1.807) is 0 Å². The Labute approximate surface area is 73.6 Å². The fraction of sp³-hybridized carbons (Fsp3) is 1.00. The van der Waals surface area contributed by atoms with Gasteiger partial charge in [0.1, 0.15) is 0 Å². The fourth-order valence-electron chi connectivity index (χ4n) is 0.699. The molecule has 0 fully saturated rings. The first-order chi connectivity index (χ1) is 5.20. The van der Waals surface area contributed by atoms with Gasteiger partial charge in [0.05, 0.1) is 0 Å². The quantitative estimate of drug-likeness (QED) is 0.638. The van der Waals surface area contributed by atoms with Crippen molar-refractivity contribution in [1.82, 2.24) is 0 Å². The lowest BCUT2D eigenvalue weighted by atomic mass is 10.2. The smallest absolute Gasteiger partial charge is 0.0464 e. The Kier molecular flexibility index (Phi) is 7.12. The van der Waals surface area contributed by atoms with Crippen molar-refractivity contribution >= 4 is 11.8 Å². The van der Waals surface area contributed by atoms with E-state index < -0.39 is 0 Å². The molecule has 0 bridgehead atoms. The van der Waals surface area contributed by atoms with Crippen LogP contribution in [0.3, 0.4) is 0 Å². The van der Waals surface area contributed by atoms with Gasteiger partial charge in [0.2, 0.25) is 0 Å². The Morgan fingerprint density at radius 1 is 1.45 bits per heavy atom. The second-order valence-electron chi connectivity index (χ2n) is 3.01. The molecule has 2 nitrogen and oxygen atoms in total. The van der Waals surface area contributed by atoms with Gasteiger partial charge in [-0.15, -0.1) is 0 Å². The molecule has 0 aliphatic carbocycles. The Morgan fingerprint density at radius 2 is 2.09 bits per heavy atom. The topological polar surface area (TPSA) is 46.2 Å². The first-order valence-corrected chi connectivity index (χ1v) is 5.18. The Bertz CT molecular complexity index is 90.2. The summed E-state index contributed by atoms with van der Waals surface area (Å²) >= 11 is 1.89. The Morgan fingerprint density at radius 3 is 2.55 bits per heavy atom. The molecule has 0 amide bonds. The van der Waals surface area contributed by atoms with Crippen molar-refractivity contribution in [2.24, 2.45) is 11.7 Å². The first-order valence-electron chi connectivity index (χ1n) is 4.13. The van der Waals surface area contributed by atoms with E-state index in [0.29, 0.717) is 17.8 Å². The van der Waals surface area contributed by atoms with Crippen LogP contribution in [0.2, 0.25) is 0 Å². The van der Waals surface area contributed by atoms with E-state index >= 15 is 0 Å². The lowest BCUT2D eigenvalue weighted by Crippen LogP contribution is -2.11. The highest BCUT2D eigenvalue weighted by molar-refractivity contribution is 7.99. The van der Waals surface area contributed by atoms with Crippen molar-refractivity contribution in [3.05, 3.63) is 0 Å². The molecule has 0 saturated carbocycles. The summed E-state index contributed by atoms with van der Waals surface area (Å²) < 4.78 is 0. The summed E-state index contributed by atoms with van der Waals surface area (Å²) in [6.45, 7) is 5.30. The summed E-state index contributed by atoms with van der Waals surface area (Å²) in [5.41, 5.74) is 5.41. The Balaban J connectivity index is 3.22. The fourth-order valence-corrected chi connectivity index (χ4v) is 1.76. The molecule has 0 rings (SSSR count). The van der Waals surface area contributed by atoms with E-state index in [2.05, 4.69) is 13.8 Å². The van der Waals surface area contributed by atoms with Crippen LogP contribution in [0.4, 0.5) is 0 Å². The highest BCUT2D eigenvalue weighted by Gasteiger charge is 2.04. The number of hydrogen-bond acceptors (Lipinski definition) is 3. The molecule has 0 saturated heterocycles. The van der Waals surface area contributed by atoms with Gasteiger partial charge in [0.15, 0.2) is 0 Å². The normalized spacial score (nSPS) is 16.4.